The molecule has 1 unspecified atom stereocenters. The molecule has 0 spiro atoms. The lowest BCUT2D eigenvalue weighted by molar-refractivity contribution is 0.196. The van der Waals surface area contributed by atoms with Gasteiger partial charge in [-0.3, -0.25) is 4.52 Å². The van der Waals surface area contributed by atoms with Crippen LogP contribution in [0.3, 0.4) is 0 Å². The van der Waals surface area contributed by atoms with Crippen LogP contribution in [0, 0.1) is 0 Å². The summed E-state index contributed by atoms with van der Waals surface area (Å²) in [6.07, 6.45) is 16.0. The Hall–Kier alpha value is 0.460. The molecular weight excluding hydrogens is 307 g/mol. The van der Waals surface area contributed by atoms with Gasteiger partial charge in [0.15, 0.2) is 0 Å². The number of phosphoric ester groups is 1. The normalized spacial score (nSPS) is 13.5. The molecule has 21 heavy (non-hydrogen) atoms. The third-order valence-corrected chi connectivity index (χ3v) is 5.17. The Morgan fingerprint density at radius 3 is 1.86 bits per heavy atom. The number of hydrogen-bond donors (Lipinski definition) is 2. The second kappa shape index (κ2) is 14.1. The van der Waals surface area contributed by atoms with Crippen molar-refractivity contribution in [1.29, 1.82) is 0 Å². The van der Waals surface area contributed by atoms with Gasteiger partial charge in [-0.15, -0.1) is 0 Å². The fraction of sp³-hybridized carbons (Fsp3) is 1.00. The predicted octanol–water partition coefficient (Wildman–Crippen LogP) is 5.14. The van der Waals surface area contributed by atoms with Crippen LogP contribution >= 0.6 is 19.6 Å². The van der Waals surface area contributed by atoms with Crippen molar-refractivity contribution in [2.24, 2.45) is 0 Å². The summed E-state index contributed by atoms with van der Waals surface area (Å²) in [5, 5.41) is 0.187. The lowest BCUT2D eigenvalue weighted by Gasteiger charge is -2.14. The summed E-state index contributed by atoms with van der Waals surface area (Å²) < 4.78 is 15.2. The first-order chi connectivity index (χ1) is 9.99. The zero-order chi connectivity index (χ0) is 16.0. The molecule has 2 N–H and O–H groups in total. The molecule has 0 amide bonds. The lowest BCUT2D eigenvalue weighted by Crippen LogP contribution is -2.10. The van der Waals surface area contributed by atoms with Crippen LogP contribution in [0.25, 0.3) is 0 Å². The molecule has 1 atom stereocenters. The van der Waals surface area contributed by atoms with Gasteiger partial charge in [0.1, 0.15) is 0 Å². The average molecular weight is 340 g/mol. The number of unbranched alkanes of at least 4 members (excludes halogenated alkanes) is 9. The van der Waals surface area contributed by atoms with Crippen molar-refractivity contribution >= 4 is 19.6 Å². The van der Waals surface area contributed by atoms with Crippen molar-refractivity contribution in [1.82, 2.24) is 0 Å². The quantitative estimate of drug-likeness (QED) is 0.319. The molecule has 4 nitrogen and oxygen atoms in total. The van der Waals surface area contributed by atoms with Gasteiger partial charge in [-0.1, -0.05) is 71.1 Å². The van der Waals surface area contributed by atoms with Crippen molar-refractivity contribution in [3.63, 3.8) is 0 Å². The monoisotopic (exact) mass is 340 g/mol. The third-order valence-electron chi connectivity index (χ3n) is 3.64. The van der Waals surface area contributed by atoms with Crippen molar-refractivity contribution in [2.45, 2.75) is 82.8 Å². The van der Waals surface area contributed by atoms with Gasteiger partial charge >= 0.3 is 7.82 Å². The first-order valence-electron chi connectivity index (χ1n) is 8.22. The van der Waals surface area contributed by atoms with Crippen LogP contribution < -0.4 is 0 Å². The Labute approximate surface area is 134 Å². The number of hydrogen-bond acceptors (Lipinski definition) is 3. The van der Waals surface area contributed by atoms with Crippen LogP contribution in [0.4, 0.5) is 0 Å². The molecular formula is C15H33O4PS. The fourth-order valence-corrected chi connectivity index (χ4v) is 3.39. The lowest BCUT2D eigenvalue weighted by atomic mass is 10.1. The van der Waals surface area contributed by atoms with Crippen LogP contribution in [0.5, 0.6) is 0 Å². The van der Waals surface area contributed by atoms with Gasteiger partial charge in [0.2, 0.25) is 0 Å². The first kappa shape index (κ1) is 21.5. The van der Waals surface area contributed by atoms with Crippen molar-refractivity contribution in [3.8, 4) is 0 Å². The fourth-order valence-electron chi connectivity index (χ4n) is 2.31. The molecule has 0 aliphatic heterocycles. The van der Waals surface area contributed by atoms with Gasteiger partial charge in [0.25, 0.3) is 0 Å². The summed E-state index contributed by atoms with van der Waals surface area (Å²) in [6, 6.07) is 0. The molecule has 0 heterocycles. The molecule has 0 aliphatic carbocycles. The topological polar surface area (TPSA) is 66.8 Å². The SMILES string of the molecule is CCCCCCCCCCCCC(COP(=O)(O)O)SC. The second-order valence-electron chi connectivity index (χ2n) is 5.61. The standard InChI is InChI=1S/C15H33O4PS/c1-3-4-5-6-7-8-9-10-11-12-13-15(21-2)14-19-20(16,17)18/h15H,3-14H2,1-2H3,(H2,16,17,18). The first-order valence-corrected chi connectivity index (χ1v) is 11.0. The van der Waals surface area contributed by atoms with E-state index in [0.717, 1.165) is 12.8 Å². The van der Waals surface area contributed by atoms with E-state index in [2.05, 4.69) is 11.4 Å². The minimum absolute atomic E-state index is 0.142. The van der Waals surface area contributed by atoms with Crippen molar-refractivity contribution in [2.75, 3.05) is 12.9 Å². The highest BCUT2D eigenvalue weighted by molar-refractivity contribution is 7.99. The number of thioether (sulfide) groups is 1. The van der Waals surface area contributed by atoms with Gasteiger partial charge in [0.05, 0.1) is 6.61 Å². The van der Waals surface area contributed by atoms with E-state index in [1.54, 1.807) is 11.8 Å². The van der Waals surface area contributed by atoms with E-state index in [-0.39, 0.29) is 11.9 Å². The summed E-state index contributed by atoms with van der Waals surface area (Å²) in [7, 11) is -4.31. The highest BCUT2D eigenvalue weighted by atomic mass is 32.2. The van der Waals surface area contributed by atoms with Gasteiger partial charge in [-0.2, -0.15) is 11.8 Å². The Kier molecular flexibility index (Phi) is 14.4. The van der Waals surface area contributed by atoms with Crippen molar-refractivity contribution in [3.05, 3.63) is 0 Å². The molecule has 0 saturated carbocycles. The Balaban J connectivity index is 3.37. The molecule has 0 aromatic carbocycles. The van der Waals surface area contributed by atoms with E-state index in [1.165, 1.54) is 57.8 Å². The highest BCUT2D eigenvalue weighted by Crippen LogP contribution is 2.37. The molecule has 0 aromatic heterocycles. The minimum atomic E-state index is -4.31. The van der Waals surface area contributed by atoms with Crippen molar-refractivity contribution < 1.29 is 18.9 Å². The Morgan fingerprint density at radius 2 is 1.43 bits per heavy atom. The smallest absolute Gasteiger partial charge is 0.303 e. The molecule has 0 fully saturated rings. The molecule has 0 bridgehead atoms. The van der Waals surface area contributed by atoms with Crippen LogP contribution in [-0.2, 0) is 9.09 Å². The molecule has 0 aliphatic rings. The van der Waals surface area contributed by atoms with E-state index in [1.807, 2.05) is 6.26 Å². The molecule has 0 rings (SSSR count). The number of rotatable bonds is 15. The van der Waals surface area contributed by atoms with E-state index < -0.39 is 7.82 Å². The van der Waals surface area contributed by atoms with Gasteiger partial charge in [-0.25, -0.2) is 4.57 Å². The predicted molar refractivity (Wildman–Crippen MR) is 91.8 cm³/mol. The second-order valence-corrected chi connectivity index (χ2v) is 7.99. The maximum atomic E-state index is 10.7. The van der Waals surface area contributed by atoms with Gasteiger partial charge in [-0.05, 0) is 12.7 Å². The number of phosphoric acid groups is 1. The zero-order valence-corrected chi connectivity index (χ0v) is 15.3. The zero-order valence-electron chi connectivity index (χ0n) is 13.6. The van der Waals surface area contributed by atoms with Gasteiger partial charge in [0, 0.05) is 5.25 Å². The maximum Gasteiger partial charge on any atom is 0.469 e. The Morgan fingerprint density at radius 1 is 0.952 bits per heavy atom. The summed E-state index contributed by atoms with van der Waals surface area (Å²) in [5.41, 5.74) is 0. The summed E-state index contributed by atoms with van der Waals surface area (Å²) in [5.74, 6) is 0. The van der Waals surface area contributed by atoms with E-state index in [0.29, 0.717) is 0 Å². The van der Waals surface area contributed by atoms with E-state index in [9.17, 15) is 4.57 Å². The summed E-state index contributed by atoms with van der Waals surface area (Å²) in [4.78, 5) is 17.4. The summed E-state index contributed by atoms with van der Waals surface area (Å²) in [6.45, 7) is 2.38. The molecule has 128 valence electrons. The molecule has 0 radical (unpaired) electrons. The highest BCUT2D eigenvalue weighted by Gasteiger charge is 2.17. The van der Waals surface area contributed by atoms with Crippen LogP contribution in [0.15, 0.2) is 0 Å². The summed E-state index contributed by atoms with van der Waals surface area (Å²) >= 11 is 1.62. The average Bonchev–Trinajstić information content (AvgIpc) is 2.43. The Bertz CT molecular complexity index is 270. The maximum absolute atomic E-state index is 10.7. The third kappa shape index (κ3) is 16.7. The minimum Gasteiger partial charge on any atom is -0.303 e. The van der Waals surface area contributed by atoms with Crippen LogP contribution in [0.2, 0.25) is 0 Å². The molecule has 0 saturated heterocycles. The largest absolute Gasteiger partial charge is 0.469 e. The molecule has 0 aromatic rings. The molecule has 6 heteroatoms. The van der Waals surface area contributed by atoms with E-state index in [4.69, 9.17) is 9.79 Å². The van der Waals surface area contributed by atoms with Crippen LogP contribution in [0.1, 0.15) is 77.6 Å². The van der Waals surface area contributed by atoms with E-state index >= 15 is 0 Å². The van der Waals surface area contributed by atoms with Crippen LogP contribution in [-0.4, -0.2) is 27.9 Å². The van der Waals surface area contributed by atoms with Gasteiger partial charge < -0.3 is 9.79 Å².